The third kappa shape index (κ3) is 3.57. The van der Waals surface area contributed by atoms with Crippen molar-refractivity contribution >= 4 is 0 Å². The van der Waals surface area contributed by atoms with E-state index in [1.54, 1.807) is 0 Å². The molecule has 0 fully saturated rings. The van der Waals surface area contributed by atoms with Crippen LogP contribution in [0.3, 0.4) is 0 Å². The number of hydrogen-bond acceptors (Lipinski definition) is 2. The van der Waals surface area contributed by atoms with Gasteiger partial charge in [-0.2, -0.15) is 10.2 Å². The Bertz CT molecular complexity index is 209. The molecule has 0 amide bonds. The largest absolute Gasteiger partial charge is 0.187 e. The molecular formula is C14H30N2. The second-order valence-corrected chi connectivity index (χ2v) is 5.93. The highest BCUT2D eigenvalue weighted by Crippen LogP contribution is 2.31. The zero-order valence-corrected chi connectivity index (χ0v) is 12.5. The fourth-order valence-corrected chi connectivity index (χ4v) is 1.42. The predicted molar refractivity (Wildman–Crippen MR) is 71.9 cm³/mol. The Morgan fingerprint density at radius 1 is 0.750 bits per heavy atom. The van der Waals surface area contributed by atoms with Crippen LogP contribution in [0.25, 0.3) is 0 Å². The summed E-state index contributed by atoms with van der Waals surface area (Å²) >= 11 is 0. The number of azo groups is 1. The lowest BCUT2D eigenvalue weighted by Crippen LogP contribution is -2.32. The van der Waals surface area contributed by atoms with Crippen LogP contribution in [0.2, 0.25) is 0 Å². The maximum atomic E-state index is 4.66. The van der Waals surface area contributed by atoms with Gasteiger partial charge in [-0.05, 0) is 38.5 Å². The summed E-state index contributed by atoms with van der Waals surface area (Å²) in [5.74, 6) is 1.07. The van der Waals surface area contributed by atoms with E-state index < -0.39 is 0 Å². The summed E-state index contributed by atoms with van der Waals surface area (Å²) < 4.78 is 0. The average molecular weight is 226 g/mol. The number of hydrogen-bond donors (Lipinski definition) is 0. The molecule has 0 radical (unpaired) electrons. The Morgan fingerprint density at radius 3 is 1.12 bits per heavy atom. The molecule has 96 valence electrons. The van der Waals surface area contributed by atoms with Gasteiger partial charge < -0.3 is 0 Å². The minimum Gasteiger partial charge on any atom is -0.187 e. The molecule has 0 N–H and O–H groups in total. The SMILES string of the molecule is CCC(C)(/N=N/C(C)(CC)C(C)C)C(C)C. The third-order valence-corrected chi connectivity index (χ3v) is 4.43. The molecule has 16 heavy (non-hydrogen) atoms. The van der Waals surface area contributed by atoms with E-state index in [4.69, 9.17) is 0 Å². The van der Waals surface area contributed by atoms with Crippen molar-refractivity contribution in [2.75, 3.05) is 0 Å². The zero-order chi connectivity index (χ0) is 13.0. The minimum atomic E-state index is -0.00861. The normalized spacial score (nSPS) is 20.4. The van der Waals surface area contributed by atoms with Crippen molar-refractivity contribution in [2.45, 2.75) is 79.3 Å². The maximum Gasteiger partial charge on any atom is 0.0808 e. The molecule has 0 aromatic rings. The van der Waals surface area contributed by atoms with Crippen LogP contribution in [0, 0.1) is 11.8 Å². The van der Waals surface area contributed by atoms with Crippen LogP contribution in [0.15, 0.2) is 10.2 Å². The molecule has 0 aliphatic heterocycles. The van der Waals surface area contributed by atoms with Gasteiger partial charge in [0.15, 0.2) is 0 Å². The molecule has 0 aliphatic carbocycles. The Hall–Kier alpha value is -0.400. The van der Waals surface area contributed by atoms with Crippen LogP contribution in [0.1, 0.15) is 68.2 Å². The van der Waals surface area contributed by atoms with Crippen molar-refractivity contribution in [3.05, 3.63) is 0 Å². The fourth-order valence-electron chi connectivity index (χ4n) is 1.42. The summed E-state index contributed by atoms with van der Waals surface area (Å²) in [5.41, 5.74) is -0.0172. The van der Waals surface area contributed by atoms with Gasteiger partial charge in [0.2, 0.25) is 0 Å². The lowest BCUT2D eigenvalue weighted by Gasteiger charge is -2.31. The molecule has 0 spiro atoms. The highest BCUT2D eigenvalue weighted by molar-refractivity contribution is 4.88. The Balaban J connectivity index is 4.92. The first kappa shape index (κ1) is 15.6. The van der Waals surface area contributed by atoms with Crippen molar-refractivity contribution in [3.63, 3.8) is 0 Å². The molecule has 0 aromatic heterocycles. The first-order chi connectivity index (χ1) is 7.22. The van der Waals surface area contributed by atoms with Gasteiger partial charge in [-0.25, -0.2) is 0 Å². The second kappa shape index (κ2) is 5.79. The second-order valence-electron chi connectivity index (χ2n) is 5.93. The van der Waals surface area contributed by atoms with E-state index in [0.29, 0.717) is 11.8 Å². The molecule has 0 saturated carbocycles. The van der Waals surface area contributed by atoms with Gasteiger partial charge in [0.1, 0.15) is 0 Å². The fraction of sp³-hybridized carbons (Fsp3) is 1.00. The molecule has 0 heterocycles. The van der Waals surface area contributed by atoms with Crippen LogP contribution >= 0.6 is 0 Å². The van der Waals surface area contributed by atoms with E-state index in [-0.39, 0.29) is 11.1 Å². The summed E-state index contributed by atoms with van der Waals surface area (Å²) in [5, 5.41) is 9.33. The highest BCUT2D eigenvalue weighted by Gasteiger charge is 2.30. The molecule has 0 saturated heterocycles. The van der Waals surface area contributed by atoms with Gasteiger partial charge in [-0.3, -0.25) is 0 Å². The summed E-state index contributed by atoms with van der Waals surface area (Å²) in [6, 6.07) is 0. The quantitative estimate of drug-likeness (QED) is 0.564. The zero-order valence-electron chi connectivity index (χ0n) is 12.5. The summed E-state index contributed by atoms with van der Waals surface area (Å²) in [7, 11) is 0. The topological polar surface area (TPSA) is 24.7 Å². The van der Waals surface area contributed by atoms with Gasteiger partial charge in [0.05, 0.1) is 11.1 Å². The first-order valence-electron chi connectivity index (χ1n) is 6.66. The number of rotatable bonds is 6. The van der Waals surface area contributed by atoms with E-state index in [0.717, 1.165) is 12.8 Å². The van der Waals surface area contributed by atoms with Crippen LogP contribution in [-0.2, 0) is 0 Å². The molecular weight excluding hydrogens is 196 g/mol. The van der Waals surface area contributed by atoms with E-state index in [9.17, 15) is 0 Å². The summed E-state index contributed by atoms with van der Waals surface area (Å²) in [6.45, 7) is 17.7. The molecule has 0 bridgehead atoms. The monoisotopic (exact) mass is 226 g/mol. The molecule has 0 rings (SSSR count). The van der Waals surface area contributed by atoms with Crippen LogP contribution < -0.4 is 0 Å². The average Bonchev–Trinajstić information content (AvgIpc) is 2.24. The third-order valence-electron chi connectivity index (χ3n) is 4.43. The number of nitrogens with zero attached hydrogens (tertiary/aromatic N) is 2. The van der Waals surface area contributed by atoms with E-state index in [2.05, 4.69) is 65.6 Å². The van der Waals surface area contributed by atoms with Crippen LogP contribution in [0.5, 0.6) is 0 Å². The van der Waals surface area contributed by atoms with Crippen LogP contribution in [0.4, 0.5) is 0 Å². The molecule has 2 heteroatoms. The van der Waals surface area contributed by atoms with Crippen molar-refractivity contribution in [3.8, 4) is 0 Å². The molecule has 2 atom stereocenters. The molecule has 0 aliphatic rings. The first-order valence-corrected chi connectivity index (χ1v) is 6.66. The van der Waals surface area contributed by atoms with Crippen LogP contribution in [-0.4, -0.2) is 11.1 Å². The maximum absolute atomic E-state index is 4.66. The van der Waals surface area contributed by atoms with Gasteiger partial charge in [0.25, 0.3) is 0 Å². The molecule has 2 unspecified atom stereocenters. The molecule has 2 nitrogen and oxygen atoms in total. The van der Waals surface area contributed by atoms with Crippen molar-refractivity contribution in [1.29, 1.82) is 0 Å². The van der Waals surface area contributed by atoms with E-state index in [1.165, 1.54) is 0 Å². The Labute approximate surface area is 102 Å². The Morgan fingerprint density at radius 2 is 1.00 bits per heavy atom. The van der Waals surface area contributed by atoms with Crippen molar-refractivity contribution < 1.29 is 0 Å². The van der Waals surface area contributed by atoms with Gasteiger partial charge >= 0.3 is 0 Å². The van der Waals surface area contributed by atoms with E-state index >= 15 is 0 Å². The van der Waals surface area contributed by atoms with E-state index in [1.807, 2.05) is 0 Å². The predicted octanol–water partition coefficient (Wildman–Crippen LogP) is 5.09. The lowest BCUT2D eigenvalue weighted by molar-refractivity contribution is 0.263. The molecule has 0 aromatic carbocycles. The van der Waals surface area contributed by atoms with Gasteiger partial charge in [-0.1, -0.05) is 41.5 Å². The summed E-state index contributed by atoms with van der Waals surface area (Å²) in [4.78, 5) is 0. The van der Waals surface area contributed by atoms with Crippen molar-refractivity contribution in [2.24, 2.45) is 22.1 Å². The smallest absolute Gasteiger partial charge is 0.0808 e. The van der Waals surface area contributed by atoms with Crippen molar-refractivity contribution in [1.82, 2.24) is 0 Å². The lowest BCUT2D eigenvalue weighted by atomic mass is 9.86. The van der Waals surface area contributed by atoms with Gasteiger partial charge in [-0.15, -0.1) is 0 Å². The Kier molecular flexibility index (Phi) is 5.64. The minimum absolute atomic E-state index is 0.00861. The highest BCUT2D eigenvalue weighted by atomic mass is 15.2. The summed E-state index contributed by atoms with van der Waals surface area (Å²) in [6.07, 6.45) is 2.10. The van der Waals surface area contributed by atoms with Gasteiger partial charge in [0, 0.05) is 0 Å². The standard InChI is InChI=1S/C14H30N2/c1-9-13(7,11(3)4)15-16-14(8,10-2)12(5)6/h11-12H,9-10H2,1-8H3/b16-15+.